The second kappa shape index (κ2) is 11.1. The number of esters is 1. The van der Waals surface area contributed by atoms with E-state index in [1.54, 1.807) is 30.3 Å². The number of carbonyl (C=O) groups excluding carboxylic acids is 2. The molecule has 0 fully saturated rings. The minimum atomic E-state index is -4.78. The largest absolute Gasteiger partial charge is 0.489 e. The molecule has 0 amide bonds. The van der Waals surface area contributed by atoms with Gasteiger partial charge in [-0.3, -0.25) is 9.59 Å². The normalized spacial score (nSPS) is 12.1. The highest BCUT2D eigenvalue weighted by molar-refractivity contribution is 5.75. The van der Waals surface area contributed by atoms with E-state index in [4.69, 9.17) is 9.47 Å². The van der Waals surface area contributed by atoms with E-state index in [0.29, 0.717) is 23.2 Å². The molecule has 0 heterocycles. The van der Waals surface area contributed by atoms with Crippen LogP contribution in [0.15, 0.2) is 60.7 Å². The summed E-state index contributed by atoms with van der Waals surface area (Å²) in [6, 6.07) is 17.7. The van der Waals surface area contributed by atoms with Crippen molar-refractivity contribution in [1.29, 1.82) is 0 Å². The third-order valence-corrected chi connectivity index (χ3v) is 5.39. The molecule has 0 aromatic heterocycles. The molecule has 0 aliphatic carbocycles. The smallest absolute Gasteiger partial charge is 0.428 e. The number of benzene rings is 3. The van der Waals surface area contributed by atoms with Crippen LogP contribution in [0.4, 0.5) is 13.2 Å². The lowest BCUT2D eigenvalue weighted by Crippen LogP contribution is -2.38. The van der Waals surface area contributed by atoms with Crippen molar-refractivity contribution in [3.05, 3.63) is 82.9 Å². The summed E-state index contributed by atoms with van der Waals surface area (Å²) in [5.74, 6) is -0.369. The van der Waals surface area contributed by atoms with Crippen molar-refractivity contribution < 1.29 is 37.0 Å². The van der Waals surface area contributed by atoms with Crippen LogP contribution < -0.4 is 9.47 Å². The Morgan fingerprint density at radius 3 is 2.23 bits per heavy atom. The molecule has 0 aliphatic heterocycles. The van der Waals surface area contributed by atoms with Crippen molar-refractivity contribution in [2.45, 2.75) is 39.7 Å². The highest BCUT2D eigenvalue weighted by Gasteiger charge is 2.43. The highest BCUT2D eigenvalue weighted by Crippen LogP contribution is 2.36. The first kappa shape index (κ1) is 25.8. The molecule has 0 spiro atoms. The molecule has 35 heavy (non-hydrogen) atoms. The average Bonchev–Trinajstić information content (AvgIpc) is 2.81. The van der Waals surface area contributed by atoms with Gasteiger partial charge in [-0.1, -0.05) is 30.3 Å². The standard InChI is InChI=1S/C27H25F3O5/c1-17-13-24(34-16-25(27(28,29)30)35-19(3)32)23(15-33-22-11-9-20(14-31)10-12-22)18(2)26(17)21-7-5-4-6-8-21/h4-14,25H,15-16H2,1-3H3. The predicted molar refractivity (Wildman–Crippen MR) is 125 cm³/mol. The van der Waals surface area contributed by atoms with Gasteiger partial charge in [0, 0.05) is 18.1 Å². The molecule has 3 aromatic rings. The number of alkyl halides is 3. The molecule has 1 atom stereocenters. The van der Waals surface area contributed by atoms with Gasteiger partial charge in [-0.15, -0.1) is 0 Å². The first-order valence-corrected chi connectivity index (χ1v) is 10.8. The summed E-state index contributed by atoms with van der Waals surface area (Å²) in [6.07, 6.45) is -6.47. The second-order valence-corrected chi connectivity index (χ2v) is 7.96. The number of hydrogen-bond acceptors (Lipinski definition) is 5. The van der Waals surface area contributed by atoms with E-state index in [1.165, 1.54) is 0 Å². The van der Waals surface area contributed by atoms with Crippen LogP contribution in [0.2, 0.25) is 0 Å². The fourth-order valence-corrected chi connectivity index (χ4v) is 3.70. The number of hydrogen-bond donors (Lipinski definition) is 0. The van der Waals surface area contributed by atoms with E-state index in [-0.39, 0.29) is 12.4 Å². The fourth-order valence-electron chi connectivity index (χ4n) is 3.70. The average molecular weight is 486 g/mol. The molecule has 3 aromatic carbocycles. The molecular weight excluding hydrogens is 461 g/mol. The molecule has 0 aliphatic rings. The number of rotatable bonds is 9. The quantitative estimate of drug-likeness (QED) is 0.265. The molecule has 0 saturated carbocycles. The Hall–Kier alpha value is -3.81. The van der Waals surface area contributed by atoms with Gasteiger partial charge in [-0.2, -0.15) is 13.2 Å². The summed E-state index contributed by atoms with van der Waals surface area (Å²) in [5.41, 5.74) is 4.49. The van der Waals surface area contributed by atoms with Gasteiger partial charge in [0.1, 0.15) is 31.0 Å². The van der Waals surface area contributed by atoms with Crippen LogP contribution in [0.25, 0.3) is 11.1 Å². The van der Waals surface area contributed by atoms with Gasteiger partial charge in [-0.25, -0.2) is 0 Å². The third-order valence-electron chi connectivity index (χ3n) is 5.39. The molecule has 0 radical (unpaired) electrons. The molecule has 5 nitrogen and oxygen atoms in total. The first-order chi connectivity index (χ1) is 16.6. The first-order valence-electron chi connectivity index (χ1n) is 10.8. The second-order valence-electron chi connectivity index (χ2n) is 7.96. The maximum absolute atomic E-state index is 13.4. The Morgan fingerprint density at radius 2 is 1.66 bits per heavy atom. The van der Waals surface area contributed by atoms with E-state index in [2.05, 4.69) is 4.74 Å². The van der Waals surface area contributed by atoms with Gasteiger partial charge in [0.25, 0.3) is 0 Å². The van der Waals surface area contributed by atoms with E-state index < -0.39 is 24.9 Å². The predicted octanol–water partition coefficient (Wildman–Crippen LogP) is 6.23. The third kappa shape index (κ3) is 6.62. The Balaban J connectivity index is 1.97. The van der Waals surface area contributed by atoms with Crippen LogP contribution in [0.5, 0.6) is 11.5 Å². The summed E-state index contributed by atoms with van der Waals surface area (Å²) in [5, 5.41) is 0. The van der Waals surface area contributed by atoms with Crippen molar-refractivity contribution in [2.24, 2.45) is 0 Å². The summed E-state index contributed by atoms with van der Waals surface area (Å²) < 4.78 is 55.9. The van der Waals surface area contributed by atoms with Crippen LogP contribution in [0.1, 0.15) is 34.0 Å². The van der Waals surface area contributed by atoms with Crippen LogP contribution in [0.3, 0.4) is 0 Å². The van der Waals surface area contributed by atoms with Gasteiger partial charge in [0.15, 0.2) is 0 Å². The van der Waals surface area contributed by atoms with Gasteiger partial charge in [0.2, 0.25) is 6.10 Å². The van der Waals surface area contributed by atoms with Crippen LogP contribution >= 0.6 is 0 Å². The van der Waals surface area contributed by atoms with Gasteiger partial charge in [-0.05, 0) is 66.4 Å². The van der Waals surface area contributed by atoms with Gasteiger partial charge < -0.3 is 14.2 Å². The summed E-state index contributed by atoms with van der Waals surface area (Å²) >= 11 is 0. The molecular formula is C27H25F3O5. The summed E-state index contributed by atoms with van der Waals surface area (Å²) in [4.78, 5) is 22.1. The number of carbonyl (C=O) groups is 2. The summed E-state index contributed by atoms with van der Waals surface area (Å²) in [6.45, 7) is 3.72. The van der Waals surface area contributed by atoms with Gasteiger partial charge in [0.05, 0.1) is 0 Å². The lowest BCUT2D eigenvalue weighted by molar-refractivity contribution is -0.225. The minimum absolute atomic E-state index is 0.00592. The lowest BCUT2D eigenvalue weighted by Gasteiger charge is -2.23. The Morgan fingerprint density at radius 1 is 1.00 bits per heavy atom. The Kier molecular flexibility index (Phi) is 8.17. The SMILES string of the molecule is CC(=O)OC(COc1cc(C)c(-c2ccccc2)c(C)c1COc1ccc(C=O)cc1)C(F)(F)F. The van der Waals surface area contributed by atoms with E-state index >= 15 is 0 Å². The molecule has 3 rings (SSSR count). The molecule has 0 bridgehead atoms. The molecule has 8 heteroatoms. The van der Waals surface area contributed by atoms with E-state index in [0.717, 1.165) is 29.2 Å². The van der Waals surface area contributed by atoms with Crippen molar-refractivity contribution in [3.8, 4) is 22.6 Å². The highest BCUT2D eigenvalue weighted by atomic mass is 19.4. The van der Waals surface area contributed by atoms with Gasteiger partial charge >= 0.3 is 12.1 Å². The number of ether oxygens (including phenoxy) is 3. The zero-order valence-electron chi connectivity index (χ0n) is 19.5. The topological polar surface area (TPSA) is 61.8 Å². The van der Waals surface area contributed by atoms with Crippen molar-refractivity contribution in [3.63, 3.8) is 0 Å². The lowest BCUT2D eigenvalue weighted by atomic mass is 9.91. The zero-order valence-corrected chi connectivity index (χ0v) is 19.5. The number of aryl methyl sites for hydroxylation is 1. The molecule has 0 N–H and O–H groups in total. The number of halogens is 3. The maximum atomic E-state index is 13.4. The van der Waals surface area contributed by atoms with Crippen LogP contribution in [0, 0.1) is 13.8 Å². The molecule has 1 unspecified atom stereocenters. The van der Waals surface area contributed by atoms with Crippen molar-refractivity contribution >= 4 is 12.3 Å². The van der Waals surface area contributed by atoms with Crippen molar-refractivity contribution in [1.82, 2.24) is 0 Å². The zero-order chi connectivity index (χ0) is 25.6. The van der Waals surface area contributed by atoms with Crippen LogP contribution in [-0.2, 0) is 16.1 Å². The van der Waals surface area contributed by atoms with E-state index in [1.807, 2.05) is 44.2 Å². The Labute approximate surface area is 201 Å². The minimum Gasteiger partial charge on any atom is -0.489 e. The molecule has 0 saturated heterocycles. The Bertz CT molecular complexity index is 1170. The monoisotopic (exact) mass is 486 g/mol. The summed E-state index contributed by atoms with van der Waals surface area (Å²) in [7, 11) is 0. The maximum Gasteiger partial charge on any atom is 0.428 e. The number of aldehydes is 1. The van der Waals surface area contributed by atoms with E-state index in [9.17, 15) is 22.8 Å². The van der Waals surface area contributed by atoms with Crippen LogP contribution in [-0.4, -0.2) is 31.1 Å². The molecule has 184 valence electrons. The van der Waals surface area contributed by atoms with Crippen molar-refractivity contribution in [2.75, 3.05) is 6.61 Å². The fraction of sp³-hybridized carbons (Fsp3) is 0.259.